The fraction of sp³-hybridized carbons (Fsp3) is 0.250. The number of hydrogen-bond donors (Lipinski definition) is 2. The molecule has 124 valence electrons. The molecular formula is C16H16FN5O2. The molecule has 0 saturated carbocycles. The first-order valence-electron chi connectivity index (χ1n) is 7.43. The van der Waals surface area contributed by atoms with Crippen LogP contribution in [0, 0.1) is 18.7 Å². The number of fused-ring (bicyclic) bond motifs is 1. The molecule has 1 aromatic carbocycles. The van der Waals surface area contributed by atoms with Crippen molar-refractivity contribution in [1.82, 2.24) is 19.8 Å². The molecule has 2 heterocycles. The topological polar surface area (TPSA) is 92.4 Å². The van der Waals surface area contributed by atoms with Crippen LogP contribution in [0.1, 0.15) is 11.4 Å². The Hall–Kier alpha value is -3.03. The minimum absolute atomic E-state index is 0.172. The standard InChI is InChI=1S/C16H16FN5O2/c1-10-19-20-15-6-5-14(21-22(10)15)18-9-12(16(23)24)7-11-3-2-4-13(17)8-11/h2-6,8,12H,7,9H2,1H3,(H,18,21)(H,23,24). The van der Waals surface area contributed by atoms with E-state index in [1.54, 1.807) is 35.7 Å². The summed E-state index contributed by atoms with van der Waals surface area (Å²) in [6.07, 6.45) is 0.230. The van der Waals surface area contributed by atoms with E-state index in [4.69, 9.17) is 0 Å². The third kappa shape index (κ3) is 3.48. The van der Waals surface area contributed by atoms with Crippen LogP contribution in [0.3, 0.4) is 0 Å². The van der Waals surface area contributed by atoms with Gasteiger partial charge in [-0.05, 0) is 43.2 Å². The first-order valence-corrected chi connectivity index (χ1v) is 7.43. The molecule has 0 bridgehead atoms. The van der Waals surface area contributed by atoms with E-state index in [9.17, 15) is 14.3 Å². The van der Waals surface area contributed by atoms with Crippen LogP contribution in [0.25, 0.3) is 5.65 Å². The number of aliphatic carboxylic acids is 1. The van der Waals surface area contributed by atoms with Gasteiger partial charge in [0, 0.05) is 6.54 Å². The summed E-state index contributed by atoms with van der Waals surface area (Å²) in [4.78, 5) is 11.5. The quantitative estimate of drug-likeness (QED) is 0.718. The number of carbonyl (C=O) groups is 1. The number of benzene rings is 1. The zero-order valence-electron chi connectivity index (χ0n) is 13.0. The summed E-state index contributed by atoms with van der Waals surface area (Å²) in [7, 11) is 0. The van der Waals surface area contributed by atoms with E-state index in [-0.39, 0.29) is 18.8 Å². The lowest BCUT2D eigenvalue weighted by Crippen LogP contribution is -2.25. The summed E-state index contributed by atoms with van der Waals surface area (Å²) in [5.74, 6) is -0.862. The van der Waals surface area contributed by atoms with Gasteiger partial charge in [0.1, 0.15) is 11.6 Å². The maximum Gasteiger partial charge on any atom is 0.308 e. The molecular weight excluding hydrogens is 313 g/mol. The molecule has 0 spiro atoms. The molecule has 0 radical (unpaired) electrons. The average molecular weight is 329 g/mol. The van der Waals surface area contributed by atoms with Gasteiger partial charge in [-0.15, -0.1) is 15.3 Å². The number of nitrogens with zero attached hydrogens (tertiary/aromatic N) is 4. The van der Waals surface area contributed by atoms with Gasteiger partial charge in [-0.25, -0.2) is 4.39 Å². The Morgan fingerprint density at radius 1 is 1.33 bits per heavy atom. The maximum absolute atomic E-state index is 13.2. The fourth-order valence-corrected chi connectivity index (χ4v) is 2.41. The molecule has 0 saturated heterocycles. The van der Waals surface area contributed by atoms with Crippen LogP contribution in [-0.4, -0.2) is 37.4 Å². The zero-order chi connectivity index (χ0) is 17.1. The maximum atomic E-state index is 13.2. The Kier molecular flexibility index (Phi) is 4.37. The van der Waals surface area contributed by atoms with E-state index < -0.39 is 11.9 Å². The lowest BCUT2D eigenvalue weighted by atomic mass is 9.99. The van der Waals surface area contributed by atoms with E-state index in [0.717, 1.165) is 0 Å². The Bertz CT molecular complexity index is 880. The summed E-state index contributed by atoms with van der Waals surface area (Å²) in [6, 6.07) is 9.42. The molecule has 0 fully saturated rings. The SMILES string of the molecule is Cc1nnc2ccc(NCC(Cc3cccc(F)c3)C(=O)O)nn12. The van der Waals surface area contributed by atoms with Crippen molar-refractivity contribution in [3.05, 3.63) is 53.6 Å². The van der Waals surface area contributed by atoms with Crippen molar-refractivity contribution in [3.8, 4) is 0 Å². The molecule has 1 atom stereocenters. The Balaban J connectivity index is 1.71. The summed E-state index contributed by atoms with van der Waals surface area (Å²) in [6.45, 7) is 1.95. The van der Waals surface area contributed by atoms with Crippen molar-refractivity contribution < 1.29 is 14.3 Å². The Labute approximate surface area is 137 Å². The predicted octanol–water partition coefficient (Wildman–Crippen LogP) is 1.93. The van der Waals surface area contributed by atoms with Crippen molar-refractivity contribution in [1.29, 1.82) is 0 Å². The highest BCUT2D eigenvalue weighted by molar-refractivity contribution is 5.71. The van der Waals surface area contributed by atoms with Gasteiger partial charge in [0.05, 0.1) is 5.92 Å². The molecule has 2 aromatic heterocycles. The van der Waals surface area contributed by atoms with Crippen molar-refractivity contribution in [2.24, 2.45) is 5.92 Å². The van der Waals surface area contributed by atoms with Gasteiger partial charge >= 0.3 is 5.97 Å². The number of halogens is 1. The Morgan fingerprint density at radius 2 is 2.17 bits per heavy atom. The highest BCUT2D eigenvalue weighted by Crippen LogP contribution is 2.13. The van der Waals surface area contributed by atoms with Gasteiger partial charge in [-0.2, -0.15) is 4.52 Å². The molecule has 24 heavy (non-hydrogen) atoms. The van der Waals surface area contributed by atoms with Crippen molar-refractivity contribution in [3.63, 3.8) is 0 Å². The molecule has 8 heteroatoms. The number of carboxylic acids is 1. The number of hydrogen-bond acceptors (Lipinski definition) is 5. The van der Waals surface area contributed by atoms with Crippen LogP contribution >= 0.6 is 0 Å². The van der Waals surface area contributed by atoms with Crippen molar-refractivity contribution in [2.75, 3.05) is 11.9 Å². The molecule has 0 aliphatic rings. The van der Waals surface area contributed by atoms with Crippen LogP contribution in [0.5, 0.6) is 0 Å². The van der Waals surface area contributed by atoms with Crippen LogP contribution in [-0.2, 0) is 11.2 Å². The van der Waals surface area contributed by atoms with Crippen LogP contribution in [0.4, 0.5) is 10.2 Å². The van der Waals surface area contributed by atoms with Crippen LogP contribution < -0.4 is 5.32 Å². The smallest absolute Gasteiger partial charge is 0.308 e. The molecule has 2 N–H and O–H groups in total. The number of rotatable bonds is 6. The molecule has 0 amide bonds. The zero-order valence-corrected chi connectivity index (χ0v) is 13.0. The third-order valence-corrected chi connectivity index (χ3v) is 3.67. The number of anilines is 1. The van der Waals surface area contributed by atoms with Crippen LogP contribution in [0.15, 0.2) is 36.4 Å². The minimum atomic E-state index is -0.951. The lowest BCUT2D eigenvalue weighted by Gasteiger charge is -2.14. The molecule has 3 aromatic rings. The van der Waals surface area contributed by atoms with Gasteiger partial charge in [-0.3, -0.25) is 4.79 Å². The van der Waals surface area contributed by atoms with Gasteiger partial charge < -0.3 is 10.4 Å². The van der Waals surface area contributed by atoms with Crippen molar-refractivity contribution in [2.45, 2.75) is 13.3 Å². The van der Waals surface area contributed by atoms with Crippen molar-refractivity contribution >= 4 is 17.4 Å². The second kappa shape index (κ2) is 6.61. The molecule has 0 aliphatic heterocycles. The van der Waals surface area contributed by atoms with E-state index in [0.29, 0.717) is 22.9 Å². The highest BCUT2D eigenvalue weighted by atomic mass is 19.1. The second-order valence-electron chi connectivity index (χ2n) is 5.49. The second-order valence-corrected chi connectivity index (χ2v) is 5.49. The van der Waals surface area contributed by atoms with Gasteiger partial charge in [0.25, 0.3) is 0 Å². The predicted molar refractivity (Wildman–Crippen MR) is 85.2 cm³/mol. The molecule has 0 aliphatic carbocycles. The van der Waals surface area contributed by atoms with Gasteiger partial charge in [0.2, 0.25) is 0 Å². The first-order chi connectivity index (χ1) is 11.5. The van der Waals surface area contributed by atoms with Gasteiger partial charge in [0.15, 0.2) is 11.5 Å². The lowest BCUT2D eigenvalue weighted by molar-refractivity contribution is -0.141. The van der Waals surface area contributed by atoms with E-state index in [2.05, 4.69) is 20.6 Å². The van der Waals surface area contributed by atoms with Crippen LogP contribution in [0.2, 0.25) is 0 Å². The number of carboxylic acid groups (broad SMARTS) is 1. The summed E-state index contributed by atoms with van der Waals surface area (Å²) < 4.78 is 14.8. The van der Waals surface area contributed by atoms with E-state index in [1.165, 1.54) is 12.1 Å². The molecule has 7 nitrogen and oxygen atoms in total. The number of nitrogens with one attached hydrogen (secondary N) is 1. The summed E-state index contributed by atoms with van der Waals surface area (Å²) in [5.41, 5.74) is 1.26. The fourth-order valence-electron chi connectivity index (χ4n) is 2.41. The summed E-state index contributed by atoms with van der Waals surface area (Å²) >= 11 is 0. The molecule has 3 rings (SSSR count). The number of aromatic nitrogens is 4. The molecule has 1 unspecified atom stereocenters. The third-order valence-electron chi connectivity index (χ3n) is 3.67. The number of aryl methyl sites for hydroxylation is 1. The monoisotopic (exact) mass is 329 g/mol. The van der Waals surface area contributed by atoms with E-state index >= 15 is 0 Å². The minimum Gasteiger partial charge on any atom is -0.481 e. The Morgan fingerprint density at radius 3 is 2.92 bits per heavy atom. The normalized spacial score (nSPS) is 12.2. The van der Waals surface area contributed by atoms with E-state index in [1.807, 2.05) is 0 Å². The first kappa shape index (κ1) is 15.9. The highest BCUT2D eigenvalue weighted by Gasteiger charge is 2.18. The average Bonchev–Trinajstić information content (AvgIpc) is 2.92. The summed E-state index contributed by atoms with van der Waals surface area (Å²) in [5, 5.41) is 24.6. The van der Waals surface area contributed by atoms with Gasteiger partial charge in [-0.1, -0.05) is 12.1 Å². The largest absolute Gasteiger partial charge is 0.481 e.